The number of benzene rings is 1. The van der Waals surface area contributed by atoms with Crippen LogP contribution in [0, 0.1) is 6.92 Å². The van der Waals surface area contributed by atoms with Gasteiger partial charge in [0.1, 0.15) is 6.33 Å². The molecule has 0 saturated heterocycles. The average molecular weight is 314 g/mol. The number of rotatable bonds is 6. The first-order valence-corrected chi connectivity index (χ1v) is 8.01. The van der Waals surface area contributed by atoms with Gasteiger partial charge in [-0.1, -0.05) is 36.8 Å². The lowest BCUT2D eigenvalue weighted by molar-refractivity contribution is 0.658. The number of nitrogens with one attached hydrogen (secondary N) is 2. The summed E-state index contributed by atoms with van der Waals surface area (Å²) in [6.45, 7) is 8.69. The highest BCUT2D eigenvalue weighted by Crippen LogP contribution is 2.15. The fraction of sp³-hybridized carbons (Fsp3) is 0.471. The molecule has 0 amide bonds. The van der Waals surface area contributed by atoms with Gasteiger partial charge in [0.2, 0.25) is 0 Å². The minimum atomic E-state index is 0.410. The van der Waals surface area contributed by atoms with E-state index in [9.17, 15) is 0 Å². The summed E-state index contributed by atoms with van der Waals surface area (Å²) in [5, 5.41) is 14.7. The van der Waals surface area contributed by atoms with Gasteiger partial charge in [0.25, 0.3) is 0 Å². The summed E-state index contributed by atoms with van der Waals surface area (Å²) in [6.07, 6.45) is 1.74. The molecule has 0 spiro atoms. The van der Waals surface area contributed by atoms with Gasteiger partial charge in [0.15, 0.2) is 11.8 Å². The maximum atomic E-state index is 4.26. The highest BCUT2D eigenvalue weighted by Gasteiger charge is 2.08. The van der Waals surface area contributed by atoms with Crippen molar-refractivity contribution in [2.45, 2.75) is 39.8 Å². The van der Waals surface area contributed by atoms with Gasteiger partial charge < -0.3 is 15.2 Å². The fourth-order valence-corrected chi connectivity index (χ4v) is 2.41. The number of hydrogen-bond donors (Lipinski definition) is 2. The molecule has 6 nitrogen and oxygen atoms in total. The second-order valence-corrected chi connectivity index (χ2v) is 5.66. The summed E-state index contributed by atoms with van der Waals surface area (Å²) in [6, 6.07) is 8.62. The van der Waals surface area contributed by atoms with E-state index in [4.69, 9.17) is 0 Å². The molecule has 1 aromatic heterocycles. The largest absolute Gasteiger partial charge is 0.356 e. The van der Waals surface area contributed by atoms with Crippen LogP contribution in [0.15, 0.2) is 35.6 Å². The van der Waals surface area contributed by atoms with Crippen molar-refractivity contribution in [3.8, 4) is 0 Å². The normalized spacial score (nSPS) is 13.0. The molecule has 2 rings (SSSR count). The lowest BCUT2D eigenvalue weighted by atomic mass is 9.99. The van der Waals surface area contributed by atoms with Crippen molar-refractivity contribution in [1.82, 2.24) is 25.4 Å². The number of hydrogen-bond acceptors (Lipinski definition) is 3. The number of guanidine groups is 1. The van der Waals surface area contributed by atoms with E-state index in [1.54, 1.807) is 13.4 Å². The summed E-state index contributed by atoms with van der Waals surface area (Å²) in [4.78, 5) is 4.26. The molecule has 0 aliphatic rings. The first-order valence-electron chi connectivity index (χ1n) is 8.01. The van der Waals surface area contributed by atoms with Crippen LogP contribution in [0.4, 0.5) is 0 Å². The van der Waals surface area contributed by atoms with Crippen LogP contribution in [-0.4, -0.2) is 34.3 Å². The van der Waals surface area contributed by atoms with Crippen LogP contribution in [-0.2, 0) is 13.1 Å². The standard InChI is InChI=1S/C17H26N6/c1-5-23-12-21-22-16(23)11-20-17(18-4)19-10-14(3)15-8-6-7-13(2)9-15/h6-9,12,14H,5,10-11H2,1-4H3,(H2,18,19,20). The van der Waals surface area contributed by atoms with Crippen molar-refractivity contribution in [2.24, 2.45) is 4.99 Å². The van der Waals surface area contributed by atoms with Gasteiger partial charge in [-0.05, 0) is 25.3 Å². The molecule has 0 aliphatic heterocycles. The molecular weight excluding hydrogens is 288 g/mol. The number of aryl methyl sites for hydroxylation is 2. The predicted molar refractivity (Wildman–Crippen MR) is 93.5 cm³/mol. The van der Waals surface area contributed by atoms with E-state index in [0.29, 0.717) is 12.5 Å². The van der Waals surface area contributed by atoms with Crippen LogP contribution in [0.3, 0.4) is 0 Å². The van der Waals surface area contributed by atoms with Gasteiger partial charge in [-0.15, -0.1) is 10.2 Å². The molecule has 23 heavy (non-hydrogen) atoms. The van der Waals surface area contributed by atoms with E-state index in [1.165, 1.54) is 11.1 Å². The lowest BCUT2D eigenvalue weighted by Gasteiger charge is -2.16. The molecule has 1 unspecified atom stereocenters. The van der Waals surface area contributed by atoms with E-state index < -0.39 is 0 Å². The molecule has 6 heteroatoms. The second kappa shape index (κ2) is 8.31. The maximum absolute atomic E-state index is 4.26. The minimum absolute atomic E-state index is 0.410. The van der Waals surface area contributed by atoms with Gasteiger partial charge in [0.05, 0.1) is 6.54 Å². The van der Waals surface area contributed by atoms with Crippen LogP contribution >= 0.6 is 0 Å². The summed E-state index contributed by atoms with van der Waals surface area (Å²) >= 11 is 0. The third-order valence-corrected chi connectivity index (χ3v) is 3.86. The lowest BCUT2D eigenvalue weighted by Crippen LogP contribution is -2.39. The third-order valence-electron chi connectivity index (χ3n) is 3.86. The molecule has 2 N–H and O–H groups in total. The number of aliphatic imine (C=N–C) groups is 1. The van der Waals surface area contributed by atoms with Crippen LogP contribution in [0.5, 0.6) is 0 Å². The zero-order chi connectivity index (χ0) is 16.7. The van der Waals surface area contributed by atoms with Gasteiger partial charge in [0, 0.05) is 20.1 Å². The zero-order valence-electron chi connectivity index (χ0n) is 14.4. The molecule has 0 bridgehead atoms. The van der Waals surface area contributed by atoms with Crippen LogP contribution in [0.2, 0.25) is 0 Å². The Kier molecular flexibility index (Phi) is 6.14. The Morgan fingerprint density at radius 2 is 2.17 bits per heavy atom. The molecule has 1 atom stereocenters. The van der Waals surface area contributed by atoms with Crippen molar-refractivity contribution < 1.29 is 0 Å². The molecule has 0 saturated carbocycles. The van der Waals surface area contributed by atoms with Gasteiger partial charge in [-0.2, -0.15) is 0 Å². The Morgan fingerprint density at radius 3 is 2.87 bits per heavy atom. The highest BCUT2D eigenvalue weighted by atomic mass is 15.3. The summed E-state index contributed by atoms with van der Waals surface area (Å²) < 4.78 is 2.01. The van der Waals surface area contributed by atoms with Crippen molar-refractivity contribution in [1.29, 1.82) is 0 Å². The molecule has 2 aromatic rings. The zero-order valence-corrected chi connectivity index (χ0v) is 14.4. The Labute approximate surface area is 138 Å². The molecule has 0 aliphatic carbocycles. The Balaban J connectivity index is 1.85. The van der Waals surface area contributed by atoms with Crippen molar-refractivity contribution in [2.75, 3.05) is 13.6 Å². The predicted octanol–water partition coefficient (Wildman–Crippen LogP) is 2.08. The number of nitrogens with zero attached hydrogens (tertiary/aromatic N) is 4. The highest BCUT2D eigenvalue weighted by molar-refractivity contribution is 5.79. The van der Waals surface area contributed by atoms with Crippen molar-refractivity contribution >= 4 is 5.96 Å². The molecule has 1 heterocycles. The first-order chi connectivity index (χ1) is 11.1. The first kappa shape index (κ1) is 17.0. The second-order valence-electron chi connectivity index (χ2n) is 5.66. The smallest absolute Gasteiger partial charge is 0.191 e. The van der Waals surface area contributed by atoms with Crippen molar-refractivity contribution in [3.63, 3.8) is 0 Å². The average Bonchev–Trinajstić information content (AvgIpc) is 3.02. The Hall–Kier alpha value is -2.37. The molecule has 124 valence electrons. The summed E-state index contributed by atoms with van der Waals surface area (Å²) in [7, 11) is 1.78. The molecule has 1 aromatic carbocycles. The van der Waals surface area contributed by atoms with E-state index in [1.807, 2.05) is 4.57 Å². The Morgan fingerprint density at radius 1 is 1.35 bits per heavy atom. The van der Waals surface area contributed by atoms with Crippen LogP contribution in [0.1, 0.15) is 36.7 Å². The van der Waals surface area contributed by atoms with E-state index in [0.717, 1.165) is 24.9 Å². The summed E-state index contributed by atoms with van der Waals surface area (Å²) in [5.74, 6) is 2.09. The van der Waals surface area contributed by atoms with Gasteiger partial charge in [-0.25, -0.2) is 0 Å². The number of aromatic nitrogens is 3. The Bertz CT molecular complexity index is 646. The SMILES string of the molecule is CCn1cnnc1CNC(=NC)NCC(C)c1cccc(C)c1. The molecule has 0 fully saturated rings. The third kappa shape index (κ3) is 4.81. The van der Waals surface area contributed by atoms with E-state index in [2.05, 4.69) is 70.9 Å². The molecule has 0 radical (unpaired) electrons. The summed E-state index contributed by atoms with van der Waals surface area (Å²) in [5.41, 5.74) is 2.62. The molecular formula is C17H26N6. The van der Waals surface area contributed by atoms with Gasteiger partial charge >= 0.3 is 0 Å². The van der Waals surface area contributed by atoms with E-state index >= 15 is 0 Å². The quantitative estimate of drug-likeness (QED) is 0.633. The van der Waals surface area contributed by atoms with Crippen LogP contribution < -0.4 is 10.6 Å². The topological polar surface area (TPSA) is 67.1 Å². The van der Waals surface area contributed by atoms with Gasteiger partial charge in [-0.3, -0.25) is 4.99 Å². The van der Waals surface area contributed by atoms with Crippen LogP contribution in [0.25, 0.3) is 0 Å². The minimum Gasteiger partial charge on any atom is -0.356 e. The fourth-order valence-electron chi connectivity index (χ4n) is 2.41. The maximum Gasteiger partial charge on any atom is 0.191 e. The van der Waals surface area contributed by atoms with E-state index in [-0.39, 0.29) is 0 Å². The van der Waals surface area contributed by atoms with Crippen molar-refractivity contribution in [3.05, 3.63) is 47.5 Å². The monoisotopic (exact) mass is 314 g/mol.